The van der Waals surface area contributed by atoms with E-state index >= 15 is 0 Å². The van der Waals surface area contributed by atoms with E-state index in [2.05, 4.69) is 15.0 Å². The van der Waals surface area contributed by atoms with Crippen LogP contribution in [-0.2, 0) is 4.79 Å². The lowest BCUT2D eigenvalue weighted by molar-refractivity contribution is -0.158. The first-order valence-electron chi connectivity index (χ1n) is 7.56. The zero-order valence-corrected chi connectivity index (χ0v) is 13.3. The minimum atomic E-state index is -4.62. The number of carbonyl (C=O) groups is 1. The first-order valence-corrected chi connectivity index (χ1v) is 7.56. The Morgan fingerprint density at radius 3 is 2.62 bits per heavy atom. The molecule has 0 bridgehead atoms. The minimum absolute atomic E-state index is 0.289. The Labute approximate surface area is 146 Å². The van der Waals surface area contributed by atoms with Gasteiger partial charge in [-0.15, -0.1) is 0 Å². The molecule has 0 N–H and O–H groups in total. The minimum Gasteiger partial charge on any atom is -0.318 e. The van der Waals surface area contributed by atoms with Crippen molar-refractivity contribution in [3.63, 3.8) is 0 Å². The highest BCUT2D eigenvalue weighted by Crippen LogP contribution is 2.33. The number of amides is 1. The van der Waals surface area contributed by atoms with E-state index < -0.39 is 30.5 Å². The molecule has 1 amide bonds. The third kappa shape index (κ3) is 3.52. The first kappa shape index (κ1) is 17.5. The summed E-state index contributed by atoms with van der Waals surface area (Å²) in [5.74, 6) is -1.70. The lowest BCUT2D eigenvalue weighted by atomic mass is 9.95. The largest absolute Gasteiger partial charge is 0.406 e. The summed E-state index contributed by atoms with van der Waals surface area (Å²) in [6, 6.07) is 7.71. The summed E-state index contributed by atoms with van der Waals surface area (Å²) < 4.78 is 39.1. The van der Waals surface area contributed by atoms with E-state index in [4.69, 9.17) is 5.53 Å². The van der Waals surface area contributed by atoms with Crippen LogP contribution >= 0.6 is 0 Å². The highest BCUT2D eigenvalue weighted by Gasteiger charge is 2.40. The van der Waals surface area contributed by atoms with Crippen molar-refractivity contribution in [3.8, 4) is 0 Å². The summed E-state index contributed by atoms with van der Waals surface area (Å²) in [6.07, 6.45) is 1.68. The second-order valence-electron chi connectivity index (χ2n) is 5.53. The summed E-state index contributed by atoms with van der Waals surface area (Å²) in [5.41, 5.74) is 10.0. The van der Waals surface area contributed by atoms with Crippen LogP contribution in [0.5, 0.6) is 0 Å². The van der Waals surface area contributed by atoms with Gasteiger partial charge in [0, 0.05) is 16.0 Å². The molecule has 1 aliphatic carbocycles. The maximum absolute atomic E-state index is 13.0. The van der Waals surface area contributed by atoms with Crippen LogP contribution in [0.4, 0.5) is 13.2 Å². The molecule has 1 unspecified atom stereocenters. The molecule has 9 heteroatoms. The van der Waals surface area contributed by atoms with Gasteiger partial charge >= 0.3 is 6.18 Å². The van der Waals surface area contributed by atoms with Gasteiger partial charge in [0.15, 0.2) is 5.84 Å². The lowest BCUT2D eigenvalue weighted by Gasteiger charge is -2.31. The molecular weight excluding hydrogens is 347 g/mol. The first-order chi connectivity index (χ1) is 12.4. The topological polar surface area (TPSA) is 81.4 Å². The van der Waals surface area contributed by atoms with Crippen LogP contribution in [-0.4, -0.2) is 35.4 Å². The van der Waals surface area contributed by atoms with E-state index in [0.29, 0.717) is 16.0 Å². The predicted molar refractivity (Wildman–Crippen MR) is 89.8 cm³/mol. The van der Waals surface area contributed by atoms with E-state index in [1.165, 1.54) is 6.08 Å². The van der Waals surface area contributed by atoms with Crippen molar-refractivity contribution >= 4 is 17.4 Å². The Morgan fingerprint density at radius 1 is 1.23 bits per heavy atom. The van der Waals surface area contributed by atoms with Crippen LogP contribution < -0.4 is 0 Å². The maximum Gasteiger partial charge on any atom is 0.406 e. The number of benzene rings is 1. The summed E-state index contributed by atoms with van der Waals surface area (Å²) in [6.45, 7) is -1.49. The molecule has 1 aromatic carbocycles. The molecule has 0 saturated carbocycles. The van der Waals surface area contributed by atoms with Gasteiger partial charge < -0.3 is 4.90 Å². The Balaban J connectivity index is 2.23. The fraction of sp³-hybridized carbons (Fsp3) is 0.176. The number of fused-ring (bicyclic) bond motifs is 1. The highest BCUT2D eigenvalue weighted by molar-refractivity contribution is 6.39. The third-order valence-corrected chi connectivity index (χ3v) is 3.81. The Hall–Kier alpha value is -3.32. The number of alkyl halides is 3. The van der Waals surface area contributed by atoms with Gasteiger partial charge in [-0.05, 0) is 10.6 Å². The zero-order chi connectivity index (χ0) is 18.7. The zero-order valence-electron chi connectivity index (χ0n) is 13.3. The third-order valence-electron chi connectivity index (χ3n) is 3.81. The number of hydrogen-bond donors (Lipinski definition) is 0. The van der Waals surface area contributed by atoms with Crippen molar-refractivity contribution in [1.82, 2.24) is 4.90 Å². The molecule has 0 spiro atoms. The Kier molecular flexibility index (Phi) is 4.64. The summed E-state index contributed by atoms with van der Waals surface area (Å²) >= 11 is 0. The van der Waals surface area contributed by atoms with Crippen molar-refractivity contribution < 1.29 is 18.0 Å². The number of hydrogen-bond acceptors (Lipinski definition) is 3. The second-order valence-corrected chi connectivity index (χ2v) is 5.53. The van der Waals surface area contributed by atoms with Gasteiger partial charge in [0.05, 0.1) is 11.7 Å². The molecular formula is C17H12F3N5O. The normalized spacial score (nSPS) is 19.7. The predicted octanol–water partition coefficient (Wildman–Crippen LogP) is 4.01. The van der Waals surface area contributed by atoms with Crippen LogP contribution in [0, 0.1) is 0 Å². The van der Waals surface area contributed by atoms with Crippen LogP contribution in [0.15, 0.2) is 70.3 Å². The molecule has 0 radical (unpaired) electrons. The van der Waals surface area contributed by atoms with E-state index in [9.17, 15) is 18.0 Å². The Bertz CT molecular complexity index is 893. The SMILES string of the molecule is [N-]=[N+]=NC1=NC(c2ccccc2)=C2C=CC=CC2N(CC(F)(F)F)C1=O. The van der Waals surface area contributed by atoms with E-state index in [-0.39, 0.29) is 5.70 Å². The van der Waals surface area contributed by atoms with Crippen LogP contribution in [0.2, 0.25) is 0 Å². The molecule has 1 aromatic rings. The van der Waals surface area contributed by atoms with E-state index in [1.807, 2.05) is 0 Å². The molecule has 132 valence electrons. The van der Waals surface area contributed by atoms with E-state index in [1.54, 1.807) is 48.6 Å². The summed E-state index contributed by atoms with van der Waals surface area (Å²) in [4.78, 5) is 19.8. The average Bonchev–Trinajstić information content (AvgIpc) is 2.72. The molecule has 1 heterocycles. The van der Waals surface area contributed by atoms with Crippen molar-refractivity contribution in [1.29, 1.82) is 0 Å². The molecule has 26 heavy (non-hydrogen) atoms. The van der Waals surface area contributed by atoms with Crippen LogP contribution in [0.3, 0.4) is 0 Å². The second kappa shape index (κ2) is 6.89. The maximum atomic E-state index is 13.0. The molecule has 1 aliphatic heterocycles. The molecule has 3 rings (SSSR count). The van der Waals surface area contributed by atoms with Gasteiger partial charge in [0.25, 0.3) is 5.91 Å². The fourth-order valence-electron chi connectivity index (χ4n) is 2.79. The number of rotatable bonds is 2. The number of amidine groups is 1. The number of azide groups is 1. The number of nitrogens with zero attached hydrogens (tertiary/aromatic N) is 5. The molecule has 0 aromatic heterocycles. The molecule has 1 atom stereocenters. The monoisotopic (exact) mass is 359 g/mol. The van der Waals surface area contributed by atoms with Crippen molar-refractivity contribution in [2.75, 3.05) is 6.54 Å². The van der Waals surface area contributed by atoms with Gasteiger partial charge in [-0.2, -0.15) is 13.2 Å². The number of allylic oxidation sites excluding steroid dienone is 2. The lowest BCUT2D eigenvalue weighted by Crippen LogP contribution is -2.47. The molecule has 6 nitrogen and oxygen atoms in total. The molecule has 0 fully saturated rings. The van der Waals surface area contributed by atoms with Crippen molar-refractivity contribution in [3.05, 3.63) is 76.2 Å². The van der Waals surface area contributed by atoms with Crippen molar-refractivity contribution in [2.24, 2.45) is 10.1 Å². The van der Waals surface area contributed by atoms with Gasteiger partial charge in [-0.3, -0.25) is 4.79 Å². The van der Waals surface area contributed by atoms with Gasteiger partial charge in [0.2, 0.25) is 0 Å². The fourth-order valence-corrected chi connectivity index (χ4v) is 2.79. The van der Waals surface area contributed by atoms with Gasteiger partial charge in [-0.25, -0.2) is 4.99 Å². The van der Waals surface area contributed by atoms with Crippen molar-refractivity contribution in [2.45, 2.75) is 12.2 Å². The molecule has 2 aliphatic rings. The quantitative estimate of drug-likeness (QED) is 0.446. The van der Waals surface area contributed by atoms with Crippen LogP contribution in [0.1, 0.15) is 5.56 Å². The van der Waals surface area contributed by atoms with Gasteiger partial charge in [-0.1, -0.05) is 54.6 Å². The average molecular weight is 359 g/mol. The standard InChI is InChI=1S/C17H12F3N5O/c18-17(19,20)10-25-13-9-5-4-8-12(13)14(11-6-2-1-3-7-11)22-15(16(25)26)23-24-21/h1-9,13H,10H2. The van der Waals surface area contributed by atoms with E-state index in [0.717, 1.165) is 0 Å². The number of halogens is 3. The summed E-state index contributed by atoms with van der Waals surface area (Å²) in [7, 11) is 0. The number of carbonyl (C=O) groups excluding carboxylic acids is 1. The van der Waals surface area contributed by atoms with Crippen LogP contribution in [0.25, 0.3) is 16.1 Å². The molecule has 0 saturated heterocycles. The highest BCUT2D eigenvalue weighted by atomic mass is 19.4. The number of aliphatic imine (C=N–C) groups is 1. The van der Waals surface area contributed by atoms with Gasteiger partial charge in [0.1, 0.15) is 6.54 Å². The smallest absolute Gasteiger partial charge is 0.318 e. The Morgan fingerprint density at radius 2 is 1.96 bits per heavy atom. The summed E-state index contributed by atoms with van der Waals surface area (Å²) in [5, 5.41) is 3.23.